The molecule has 0 bridgehead atoms. The van der Waals surface area contributed by atoms with Crippen LogP contribution in [-0.4, -0.2) is 10.7 Å². The molecule has 5 heteroatoms. The Balaban J connectivity index is 2.43. The van der Waals surface area contributed by atoms with Gasteiger partial charge in [0, 0.05) is 29.7 Å². The molecule has 0 saturated heterocycles. The summed E-state index contributed by atoms with van der Waals surface area (Å²) in [5.74, 6) is -0.228. The molecule has 0 amide bonds. The van der Waals surface area contributed by atoms with E-state index in [2.05, 4.69) is 0 Å². The Labute approximate surface area is 98.8 Å². The summed E-state index contributed by atoms with van der Waals surface area (Å²) < 4.78 is 0. The topological polar surface area (TPSA) is 86.2 Å². The number of hydrogen-bond donors (Lipinski definition) is 1. The van der Waals surface area contributed by atoms with Gasteiger partial charge >= 0.3 is 0 Å². The number of rotatable bonds is 2. The molecule has 2 rings (SSSR count). The molecule has 1 aliphatic rings. The number of nitro benzene ring substituents is 1. The summed E-state index contributed by atoms with van der Waals surface area (Å²) >= 11 is 0. The molecule has 5 nitrogen and oxygen atoms in total. The number of benzene rings is 1. The predicted molar refractivity (Wildman–Crippen MR) is 63.7 cm³/mol. The van der Waals surface area contributed by atoms with Crippen molar-refractivity contribution in [3.63, 3.8) is 0 Å². The first kappa shape index (κ1) is 11.6. The van der Waals surface area contributed by atoms with E-state index in [1.807, 2.05) is 0 Å². The minimum Gasteiger partial charge on any atom is -0.399 e. The third-order valence-corrected chi connectivity index (χ3v) is 3.18. The lowest BCUT2D eigenvalue weighted by molar-refractivity contribution is -0.385. The van der Waals surface area contributed by atoms with Crippen LogP contribution >= 0.6 is 0 Å². The lowest BCUT2D eigenvalue weighted by Crippen LogP contribution is -2.18. The third-order valence-electron chi connectivity index (χ3n) is 3.18. The van der Waals surface area contributed by atoms with Crippen molar-refractivity contribution in [3.8, 4) is 0 Å². The zero-order chi connectivity index (χ0) is 12.4. The first-order valence-corrected chi connectivity index (χ1v) is 5.66. The van der Waals surface area contributed by atoms with Crippen LogP contribution in [0.3, 0.4) is 0 Å². The maximum absolute atomic E-state index is 11.8. The van der Waals surface area contributed by atoms with Crippen molar-refractivity contribution in [2.75, 3.05) is 5.73 Å². The van der Waals surface area contributed by atoms with E-state index in [4.69, 9.17) is 5.73 Å². The highest BCUT2D eigenvalue weighted by Gasteiger charge is 2.29. The van der Waals surface area contributed by atoms with Crippen molar-refractivity contribution in [1.29, 1.82) is 0 Å². The summed E-state index contributed by atoms with van der Waals surface area (Å²) in [5.41, 5.74) is 6.36. The van der Waals surface area contributed by atoms with Crippen LogP contribution < -0.4 is 5.73 Å². The van der Waals surface area contributed by atoms with Crippen molar-refractivity contribution in [2.45, 2.75) is 31.6 Å². The largest absolute Gasteiger partial charge is 0.399 e. The Morgan fingerprint density at radius 2 is 2.12 bits per heavy atom. The molecule has 1 aromatic rings. The quantitative estimate of drug-likeness (QED) is 0.483. The number of Topliss-reactive ketones (excluding diaryl/α,β-unsaturated/α-hetero) is 1. The van der Waals surface area contributed by atoms with E-state index in [1.54, 1.807) is 12.1 Å². The lowest BCUT2D eigenvalue weighted by atomic mass is 9.82. The number of nitrogens with two attached hydrogens (primary N) is 1. The van der Waals surface area contributed by atoms with Crippen molar-refractivity contribution in [1.82, 2.24) is 0 Å². The van der Waals surface area contributed by atoms with Gasteiger partial charge in [0.05, 0.1) is 4.92 Å². The number of nitro groups is 1. The summed E-state index contributed by atoms with van der Waals surface area (Å²) in [7, 11) is 0. The number of hydrogen-bond acceptors (Lipinski definition) is 4. The molecule has 0 spiro atoms. The maximum atomic E-state index is 11.8. The molecule has 17 heavy (non-hydrogen) atoms. The first-order valence-electron chi connectivity index (χ1n) is 5.66. The average molecular weight is 234 g/mol. The Bertz CT molecular complexity index is 471. The Morgan fingerprint density at radius 3 is 2.76 bits per heavy atom. The van der Waals surface area contributed by atoms with E-state index >= 15 is 0 Å². The summed E-state index contributed by atoms with van der Waals surface area (Å²) in [5, 5.41) is 11.0. The zero-order valence-electron chi connectivity index (χ0n) is 9.39. The van der Waals surface area contributed by atoms with Crippen LogP contribution in [0.25, 0.3) is 0 Å². The molecule has 2 N–H and O–H groups in total. The Morgan fingerprint density at radius 1 is 1.35 bits per heavy atom. The number of nitrogen functional groups attached to an aromatic ring is 1. The fraction of sp³-hybridized carbons (Fsp3) is 0.417. The fourth-order valence-corrected chi connectivity index (χ4v) is 2.33. The van der Waals surface area contributed by atoms with Crippen LogP contribution in [0.1, 0.15) is 37.2 Å². The van der Waals surface area contributed by atoms with Gasteiger partial charge in [-0.3, -0.25) is 14.9 Å². The molecule has 0 heterocycles. The van der Waals surface area contributed by atoms with Crippen molar-refractivity contribution < 1.29 is 9.72 Å². The maximum Gasteiger partial charge on any atom is 0.275 e. The van der Waals surface area contributed by atoms with Crippen LogP contribution in [0.5, 0.6) is 0 Å². The molecule has 90 valence electrons. The number of carbonyl (C=O) groups is 1. The van der Waals surface area contributed by atoms with Crippen molar-refractivity contribution in [3.05, 3.63) is 33.9 Å². The standard InChI is InChI=1S/C12H14N2O3/c13-8-5-6-9(11(7-8)14(16)17)10-3-1-2-4-12(10)15/h5-7,10H,1-4,13H2/t10-/m1/s1. The van der Waals surface area contributed by atoms with Gasteiger partial charge in [0.25, 0.3) is 5.69 Å². The van der Waals surface area contributed by atoms with Crippen LogP contribution in [0, 0.1) is 10.1 Å². The minimum absolute atomic E-state index is 0.0368. The molecule has 1 atom stereocenters. The minimum atomic E-state index is -0.465. The van der Waals surface area contributed by atoms with E-state index in [-0.39, 0.29) is 17.4 Å². The SMILES string of the molecule is Nc1ccc([C@H]2CCCCC2=O)c([N+](=O)[O-])c1. The molecule has 0 radical (unpaired) electrons. The van der Waals surface area contributed by atoms with Gasteiger partial charge in [0.2, 0.25) is 0 Å². The van der Waals surface area contributed by atoms with Crippen molar-refractivity contribution >= 4 is 17.2 Å². The number of nitrogens with zero attached hydrogens (tertiary/aromatic N) is 1. The molecular formula is C12H14N2O3. The summed E-state index contributed by atoms with van der Waals surface area (Å²) in [6.07, 6.45) is 3.05. The molecule has 0 aliphatic heterocycles. The smallest absolute Gasteiger partial charge is 0.275 e. The van der Waals surface area contributed by atoms with E-state index in [0.29, 0.717) is 24.1 Å². The second-order valence-electron chi connectivity index (χ2n) is 4.34. The van der Waals surface area contributed by atoms with Gasteiger partial charge in [-0.15, -0.1) is 0 Å². The number of carbonyl (C=O) groups excluding carboxylic acids is 1. The first-order chi connectivity index (χ1) is 8.09. The van der Waals surface area contributed by atoms with Gasteiger partial charge < -0.3 is 5.73 Å². The second-order valence-corrected chi connectivity index (χ2v) is 4.34. The van der Waals surface area contributed by atoms with Gasteiger partial charge in [-0.25, -0.2) is 0 Å². The molecule has 0 aromatic heterocycles. The summed E-state index contributed by atoms with van der Waals surface area (Å²) in [6.45, 7) is 0. The van der Waals surface area contributed by atoms with E-state index in [9.17, 15) is 14.9 Å². The van der Waals surface area contributed by atoms with Crippen molar-refractivity contribution in [2.24, 2.45) is 0 Å². The molecule has 1 saturated carbocycles. The molecular weight excluding hydrogens is 220 g/mol. The van der Waals surface area contributed by atoms with E-state index < -0.39 is 4.92 Å². The molecule has 0 unspecified atom stereocenters. The van der Waals surface area contributed by atoms with Crippen LogP contribution in [0.4, 0.5) is 11.4 Å². The highest BCUT2D eigenvalue weighted by atomic mass is 16.6. The van der Waals surface area contributed by atoms with Crippen LogP contribution in [0.15, 0.2) is 18.2 Å². The normalized spacial score (nSPS) is 20.2. The average Bonchev–Trinajstić information content (AvgIpc) is 2.30. The van der Waals surface area contributed by atoms with E-state index in [0.717, 1.165) is 12.8 Å². The van der Waals surface area contributed by atoms with Gasteiger partial charge in [-0.2, -0.15) is 0 Å². The fourth-order valence-electron chi connectivity index (χ4n) is 2.33. The Hall–Kier alpha value is -1.91. The monoisotopic (exact) mass is 234 g/mol. The number of ketones is 1. The zero-order valence-corrected chi connectivity index (χ0v) is 9.39. The second kappa shape index (κ2) is 4.53. The molecule has 1 fully saturated rings. The number of anilines is 1. The predicted octanol–water partition coefficient (Wildman–Crippen LogP) is 2.40. The van der Waals surface area contributed by atoms with Gasteiger partial charge in [-0.1, -0.05) is 6.42 Å². The lowest BCUT2D eigenvalue weighted by Gasteiger charge is -2.20. The van der Waals surface area contributed by atoms with E-state index in [1.165, 1.54) is 6.07 Å². The van der Waals surface area contributed by atoms with Crippen LogP contribution in [-0.2, 0) is 4.79 Å². The summed E-state index contributed by atoms with van der Waals surface area (Å²) in [4.78, 5) is 22.3. The summed E-state index contributed by atoms with van der Waals surface area (Å²) in [6, 6.07) is 4.56. The third kappa shape index (κ3) is 2.27. The Kier molecular flexibility index (Phi) is 3.08. The van der Waals surface area contributed by atoms with Crippen LogP contribution in [0.2, 0.25) is 0 Å². The highest BCUT2D eigenvalue weighted by Crippen LogP contribution is 2.35. The van der Waals surface area contributed by atoms with Gasteiger partial charge in [-0.05, 0) is 25.0 Å². The van der Waals surface area contributed by atoms with Gasteiger partial charge in [0.1, 0.15) is 5.78 Å². The highest BCUT2D eigenvalue weighted by molar-refractivity contribution is 5.87. The van der Waals surface area contributed by atoms with Gasteiger partial charge in [0.15, 0.2) is 0 Å². The molecule has 1 aliphatic carbocycles. The molecule has 1 aromatic carbocycles.